The Balaban J connectivity index is 1.39. The maximum absolute atomic E-state index is 5.61. The third-order valence-corrected chi connectivity index (χ3v) is 5.41. The van der Waals surface area contributed by atoms with Gasteiger partial charge in [-0.1, -0.05) is 30.3 Å². The highest BCUT2D eigenvalue weighted by Gasteiger charge is 2.12. The third-order valence-electron chi connectivity index (χ3n) is 5.01. The third kappa shape index (κ3) is 4.32. The highest BCUT2D eigenvalue weighted by atomic mass is 32.1. The van der Waals surface area contributed by atoms with Crippen LogP contribution < -0.4 is 9.80 Å². The summed E-state index contributed by atoms with van der Waals surface area (Å²) in [5.41, 5.74) is 3.62. The molecule has 0 spiro atoms. The first-order valence-electron chi connectivity index (χ1n) is 9.63. The van der Waals surface area contributed by atoms with Gasteiger partial charge in [0.05, 0.1) is 20.3 Å². The molecule has 1 saturated heterocycles. The Hall–Kier alpha value is -2.48. The summed E-state index contributed by atoms with van der Waals surface area (Å²) in [4.78, 5) is 3.70. The number of hydrogen-bond donors (Lipinski definition) is 1. The lowest BCUT2D eigenvalue weighted by atomic mass is 10.2. The van der Waals surface area contributed by atoms with Crippen LogP contribution in [0.25, 0.3) is 5.69 Å². The number of para-hydroxylation sites is 1. The van der Waals surface area contributed by atoms with Gasteiger partial charge >= 0.3 is 0 Å². The lowest BCUT2D eigenvalue weighted by molar-refractivity contribution is -0.917. The van der Waals surface area contributed by atoms with E-state index in [-0.39, 0.29) is 0 Å². The van der Waals surface area contributed by atoms with Gasteiger partial charge in [-0.05, 0) is 36.5 Å². The quantitative estimate of drug-likeness (QED) is 0.646. The number of hydrogen-bond acceptors (Lipinski definition) is 4. The minimum atomic E-state index is 0.716. The van der Waals surface area contributed by atoms with Gasteiger partial charge in [0.15, 0.2) is 6.67 Å². The number of quaternary nitrogens is 1. The van der Waals surface area contributed by atoms with Crippen molar-refractivity contribution in [3.63, 3.8) is 0 Å². The van der Waals surface area contributed by atoms with Crippen molar-refractivity contribution in [3.05, 3.63) is 71.3 Å². The molecule has 0 amide bonds. The number of nitrogens with one attached hydrogen (secondary N) is 1. The molecule has 2 heterocycles. The van der Waals surface area contributed by atoms with Gasteiger partial charge in [0.2, 0.25) is 4.77 Å². The Labute approximate surface area is 170 Å². The average molecular weight is 397 g/mol. The SMILES string of the molecule is C[NH+](Cc1ccc(N2CCOCC2)cc1)Cn1ncn(-c2ccccc2)c1=S. The van der Waals surface area contributed by atoms with E-state index >= 15 is 0 Å². The molecule has 6 nitrogen and oxygen atoms in total. The largest absolute Gasteiger partial charge is 0.378 e. The maximum Gasteiger partial charge on any atom is 0.207 e. The summed E-state index contributed by atoms with van der Waals surface area (Å²) in [6, 6.07) is 18.9. The molecular weight excluding hydrogens is 370 g/mol. The van der Waals surface area contributed by atoms with Crippen LogP contribution in [0.5, 0.6) is 0 Å². The minimum absolute atomic E-state index is 0.716. The van der Waals surface area contributed by atoms with E-state index in [1.165, 1.54) is 16.2 Å². The molecule has 1 fully saturated rings. The van der Waals surface area contributed by atoms with Crippen LogP contribution in [-0.4, -0.2) is 47.7 Å². The monoisotopic (exact) mass is 396 g/mol. The number of ether oxygens (including phenoxy) is 1. The smallest absolute Gasteiger partial charge is 0.207 e. The van der Waals surface area contributed by atoms with Crippen molar-refractivity contribution < 1.29 is 9.64 Å². The fourth-order valence-electron chi connectivity index (χ4n) is 3.52. The van der Waals surface area contributed by atoms with Gasteiger partial charge in [0.25, 0.3) is 0 Å². The first kappa shape index (κ1) is 18.9. The molecule has 28 heavy (non-hydrogen) atoms. The first-order chi connectivity index (χ1) is 13.7. The van der Waals surface area contributed by atoms with E-state index in [0.29, 0.717) is 4.77 Å². The van der Waals surface area contributed by atoms with Gasteiger partial charge in [-0.15, -0.1) is 0 Å². The van der Waals surface area contributed by atoms with E-state index in [9.17, 15) is 0 Å². The maximum atomic E-state index is 5.61. The highest BCUT2D eigenvalue weighted by molar-refractivity contribution is 7.71. The summed E-state index contributed by atoms with van der Waals surface area (Å²) in [6.45, 7) is 5.20. The Bertz CT molecular complexity index is 945. The topological polar surface area (TPSA) is 39.7 Å². The normalized spacial score (nSPS) is 15.5. The molecule has 1 atom stereocenters. The van der Waals surface area contributed by atoms with E-state index in [0.717, 1.165) is 45.2 Å². The van der Waals surface area contributed by atoms with Crippen molar-refractivity contribution in [3.8, 4) is 5.69 Å². The fourth-order valence-corrected chi connectivity index (χ4v) is 3.78. The molecule has 146 valence electrons. The van der Waals surface area contributed by atoms with Crippen molar-refractivity contribution in [2.24, 2.45) is 0 Å². The predicted molar refractivity (Wildman–Crippen MR) is 112 cm³/mol. The summed E-state index contributed by atoms with van der Waals surface area (Å²) in [6.07, 6.45) is 1.79. The van der Waals surface area contributed by atoms with Crippen LogP contribution in [0, 0.1) is 4.77 Å². The van der Waals surface area contributed by atoms with E-state index in [4.69, 9.17) is 17.0 Å². The first-order valence-corrected chi connectivity index (χ1v) is 10.0. The molecule has 1 unspecified atom stereocenters. The molecule has 3 aromatic rings. The lowest BCUT2D eigenvalue weighted by Crippen LogP contribution is -3.07. The zero-order valence-electron chi connectivity index (χ0n) is 16.1. The zero-order valence-corrected chi connectivity index (χ0v) is 16.9. The van der Waals surface area contributed by atoms with E-state index in [1.807, 2.05) is 39.6 Å². The summed E-state index contributed by atoms with van der Waals surface area (Å²) in [7, 11) is 2.17. The fraction of sp³-hybridized carbons (Fsp3) is 0.333. The van der Waals surface area contributed by atoms with Gasteiger partial charge in [-0.25, -0.2) is 0 Å². The summed E-state index contributed by atoms with van der Waals surface area (Å²) in [5, 5.41) is 4.49. The molecule has 2 aromatic carbocycles. The van der Waals surface area contributed by atoms with Gasteiger partial charge in [0, 0.05) is 30.0 Å². The van der Waals surface area contributed by atoms with Crippen LogP contribution in [0.4, 0.5) is 5.69 Å². The number of anilines is 1. The van der Waals surface area contributed by atoms with Crippen LogP contribution in [0.3, 0.4) is 0 Å². The number of morpholine rings is 1. The van der Waals surface area contributed by atoms with Crippen molar-refractivity contribution >= 4 is 17.9 Å². The average Bonchev–Trinajstić information content (AvgIpc) is 3.10. The van der Waals surface area contributed by atoms with Gasteiger partial charge in [-0.3, -0.25) is 4.57 Å². The van der Waals surface area contributed by atoms with Gasteiger partial charge in [0.1, 0.15) is 12.9 Å². The molecule has 1 aromatic heterocycles. The van der Waals surface area contributed by atoms with E-state index in [2.05, 4.69) is 41.3 Å². The van der Waals surface area contributed by atoms with Crippen molar-refractivity contribution in [2.75, 3.05) is 38.3 Å². The van der Waals surface area contributed by atoms with Gasteiger partial charge < -0.3 is 14.5 Å². The molecule has 7 heteroatoms. The van der Waals surface area contributed by atoms with Crippen LogP contribution in [0.15, 0.2) is 60.9 Å². The molecule has 1 aliphatic rings. The standard InChI is InChI=1S/C21H25N5OS/c1-23(15-18-7-9-19(10-8-18)24-11-13-27-14-12-24)17-26-21(28)25(16-22-26)20-5-3-2-4-6-20/h2-10,16H,11-15,17H2,1H3/p+1. The molecule has 4 rings (SSSR count). The van der Waals surface area contributed by atoms with Crippen molar-refractivity contribution in [2.45, 2.75) is 13.2 Å². The molecule has 1 aliphatic heterocycles. The number of rotatable bonds is 6. The second-order valence-corrected chi connectivity index (χ2v) is 7.54. The van der Waals surface area contributed by atoms with Crippen LogP contribution >= 0.6 is 12.2 Å². The van der Waals surface area contributed by atoms with E-state index in [1.54, 1.807) is 6.33 Å². The summed E-state index contributed by atoms with van der Waals surface area (Å²) < 4.78 is 9.98. The molecular formula is C21H26N5OS+. The molecule has 0 bridgehead atoms. The Kier molecular flexibility index (Phi) is 5.85. The second-order valence-electron chi connectivity index (χ2n) is 7.18. The lowest BCUT2D eigenvalue weighted by Gasteiger charge is -2.29. The number of aromatic nitrogens is 3. The predicted octanol–water partition coefficient (Wildman–Crippen LogP) is 1.91. The van der Waals surface area contributed by atoms with Crippen molar-refractivity contribution in [1.29, 1.82) is 0 Å². The Morgan fingerprint density at radius 1 is 1.00 bits per heavy atom. The van der Waals surface area contributed by atoms with E-state index < -0.39 is 0 Å². The summed E-state index contributed by atoms with van der Waals surface area (Å²) >= 11 is 5.61. The van der Waals surface area contributed by atoms with Crippen LogP contribution in [0.1, 0.15) is 5.56 Å². The highest BCUT2D eigenvalue weighted by Crippen LogP contribution is 2.16. The second kappa shape index (κ2) is 8.68. The zero-order chi connectivity index (χ0) is 19.3. The number of nitrogens with zero attached hydrogens (tertiary/aromatic N) is 4. The molecule has 1 N–H and O–H groups in total. The molecule has 0 radical (unpaired) electrons. The molecule has 0 saturated carbocycles. The summed E-state index contributed by atoms with van der Waals surface area (Å²) in [5.74, 6) is 0. The van der Waals surface area contributed by atoms with Gasteiger partial charge in [-0.2, -0.15) is 9.78 Å². The minimum Gasteiger partial charge on any atom is -0.378 e. The Morgan fingerprint density at radius 2 is 1.71 bits per heavy atom. The number of benzene rings is 2. The van der Waals surface area contributed by atoms with Crippen LogP contribution in [-0.2, 0) is 18.0 Å². The van der Waals surface area contributed by atoms with Crippen molar-refractivity contribution in [1.82, 2.24) is 14.3 Å². The molecule has 0 aliphatic carbocycles. The van der Waals surface area contributed by atoms with Crippen LogP contribution in [0.2, 0.25) is 0 Å². The Morgan fingerprint density at radius 3 is 2.43 bits per heavy atom.